The van der Waals surface area contributed by atoms with E-state index in [2.05, 4.69) is 24.0 Å². The number of nitrogens with one attached hydrogen (secondary N) is 1. The first kappa shape index (κ1) is 8.85. The van der Waals surface area contributed by atoms with E-state index in [0.29, 0.717) is 5.25 Å². The molecule has 3 N–H and O–H groups in total. The predicted molar refractivity (Wildman–Crippen MR) is 54.5 cm³/mol. The Morgan fingerprint density at radius 1 is 1.58 bits per heavy atom. The average molecular weight is 186 g/mol. The fraction of sp³-hybridized carbons (Fsp3) is 1.00. The lowest BCUT2D eigenvalue weighted by atomic mass is 9.93. The first-order valence-electron chi connectivity index (χ1n) is 4.86. The average Bonchev–Trinajstić information content (AvgIpc) is 2.79. The van der Waals surface area contributed by atoms with E-state index in [1.54, 1.807) is 0 Å². The molecular weight excluding hydrogens is 168 g/mol. The van der Waals surface area contributed by atoms with Crippen LogP contribution >= 0.6 is 11.8 Å². The molecule has 2 unspecified atom stereocenters. The van der Waals surface area contributed by atoms with E-state index in [-0.39, 0.29) is 5.54 Å². The molecule has 3 heteroatoms. The van der Waals surface area contributed by atoms with Crippen LogP contribution in [0, 0.1) is 0 Å². The maximum Gasteiger partial charge on any atom is 0.0431 e. The third-order valence-corrected chi connectivity index (χ3v) is 4.52. The SMILES string of the molecule is CC1SCCC1(CN)NC1CC1. The van der Waals surface area contributed by atoms with Crippen LogP contribution in [-0.4, -0.2) is 29.1 Å². The van der Waals surface area contributed by atoms with Gasteiger partial charge in [-0.3, -0.25) is 0 Å². The van der Waals surface area contributed by atoms with Gasteiger partial charge in [-0.2, -0.15) is 11.8 Å². The van der Waals surface area contributed by atoms with E-state index in [1.807, 2.05) is 0 Å². The Morgan fingerprint density at radius 3 is 2.75 bits per heavy atom. The van der Waals surface area contributed by atoms with Crippen molar-refractivity contribution in [2.45, 2.75) is 43.0 Å². The van der Waals surface area contributed by atoms with E-state index in [9.17, 15) is 0 Å². The van der Waals surface area contributed by atoms with Gasteiger partial charge < -0.3 is 11.1 Å². The van der Waals surface area contributed by atoms with E-state index >= 15 is 0 Å². The number of hydrogen-bond donors (Lipinski definition) is 2. The molecule has 2 atom stereocenters. The number of rotatable bonds is 3. The van der Waals surface area contributed by atoms with Crippen LogP contribution in [0.3, 0.4) is 0 Å². The van der Waals surface area contributed by atoms with Crippen LogP contribution in [-0.2, 0) is 0 Å². The molecule has 1 aliphatic carbocycles. The topological polar surface area (TPSA) is 38.0 Å². The summed E-state index contributed by atoms with van der Waals surface area (Å²) in [7, 11) is 0. The summed E-state index contributed by atoms with van der Waals surface area (Å²) in [5.74, 6) is 1.28. The maximum absolute atomic E-state index is 5.86. The van der Waals surface area contributed by atoms with Gasteiger partial charge in [0, 0.05) is 23.4 Å². The lowest BCUT2D eigenvalue weighted by molar-refractivity contribution is 0.331. The molecule has 0 spiro atoms. The molecular formula is C9H18N2S. The van der Waals surface area contributed by atoms with Crippen molar-refractivity contribution in [3.63, 3.8) is 0 Å². The lowest BCUT2D eigenvalue weighted by Crippen LogP contribution is -2.55. The fourth-order valence-electron chi connectivity index (χ4n) is 1.93. The van der Waals surface area contributed by atoms with Gasteiger partial charge in [-0.25, -0.2) is 0 Å². The summed E-state index contributed by atoms with van der Waals surface area (Å²) in [5.41, 5.74) is 6.13. The summed E-state index contributed by atoms with van der Waals surface area (Å²) >= 11 is 2.06. The van der Waals surface area contributed by atoms with Crippen molar-refractivity contribution in [1.82, 2.24) is 5.32 Å². The highest BCUT2D eigenvalue weighted by atomic mass is 32.2. The molecule has 0 aromatic heterocycles. The first-order chi connectivity index (χ1) is 5.77. The van der Waals surface area contributed by atoms with Gasteiger partial charge in [0.05, 0.1) is 0 Å². The second kappa shape index (κ2) is 3.20. The highest BCUT2D eigenvalue weighted by Crippen LogP contribution is 2.37. The second-order valence-corrected chi connectivity index (χ2v) is 5.49. The van der Waals surface area contributed by atoms with Gasteiger partial charge >= 0.3 is 0 Å². The van der Waals surface area contributed by atoms with Crippen molar-refractivity contribution in [1.29, 1.82) is 0 Å². The third-order valence-electron chi connectivity index (χ3n) is 3.13. The van der Waals surface area contributed by atoms with Gasteiger partial charge in [-0.1, -0.05) is 6.92 Å². The van der Waals surface area contributed by atoms with Gasteiger partial charge in [0.2, 0.25) is 0 Å². The Balaban J connectivity index is 2.00. The molecule has 70 valence electrons. The molecule has 2 aliphatic rings. The van der Waals surface area contributed by atoms with Crippen LogP contribution in [0.25, 0.3) is 0 Å². The Bertz CT molecular complexity index is 170. The molecule has 1 aliphatic heterocycles. The predicted octanol–water partition coefficient (Wildman–Crippen LogP) is 0.961. The lowest BCUT2D eigenvalue weighted by Gasteiger charge is -2.33. The van der Waals surface area contributed by atoms with Gasteiger partial charge in [-0.05, 0) is 25.0 Å². The highest BCUT2D eigenvalue weighted by Gasteiger charge is 2.42. The maximum atomic E-state index is 5.86. The van der Waals surface area contributed by atoms with Gasteiger partial charge in [-0.15, -0.1) is 0 Å². The normalized spacial score (nSPS) is 42.0. The molecule has 2 nitrogen and oxygen atoms in total. The summed E-state index contributed by atoms with van der Waals surface area (Å²) in [5, 5.41) is 4.42. The van der Waals surface area contributed by atoms with Gasteiger partial charge in [0.1, 0.15) is 0 Å². The van der Waals surface area contributed by atoms with Crippen LogP contribution in [0.5, 0.6) is 0 Å². The molecule has 0 aromatic carbocycles. The Morgan fingerprint density at radius 2 is 2.33 bits per heavy atom. The number of hydrogen-bond acceptors (Lipinski definition) is 3. The van der Waals surface area contributed by atoms with Crippen LogP contribution in [0.4, 0.5) is 0 Å². The van der Waals surface area contributed by atoms with Crippen LogP contribution in [0.2, 0.25) is 0 Å². The zero-order chi connectivity index (χ0) is 8.60. The van der Waals surface area contributed by atoms with Gasteiger partial charge in [0.25, 0.3) is 0 Å². The van der Waals surface area contributed by atoms with Gasteiger partial charge in [0.15, 0.2) is 0 Å². The fourth-order valence-corrected chi connectivity index (χ4v) is 3.37. The van der Waals surface area contributed by atoms with Crippen molar-refractivity contribution >= 4 is 11.8 Å². The van der Waals surface area contributed by atoms with Crippen molar-refractivity contribution in [2.24, 2.45) is 5.73 Å². The quantitative estimate of drug-likeness (QED) is 0.689. The minimum atomic E-state index is 0.270. The molecule has 0 aromatic rings. The standard InChI is InChI=1S/C9H18N2S/c1-7-9(6-10,4-5-12-7)11-8-2-3-8/h7-8,11H,2-6,10H2,1H3. The largest absolute Gasteiger partial charge is 0.329 e. The van der Waals surface area contributed by atoms with Crippen molar-refractivity contribution < 1.29 is 0 Å². The van der Waals surface area contributed by atoms with E-state index < -0.39 is 0 Å². The molecule has 2 fully saturated rings. The summed E-state index contributed by atoms with van der Waals surface area (Å²) < 4.78 is 0. The zero-order valence-electron chi connectivity index (χ0n) is 7.68. The Kier molecular flexibility index (Phi) is 2.36. The first-order valence-corrected chi connectivity index (χ1v) is 5.91. The zero-order valence-corrected chi connectivity index (χ0v) is 8.49. The summed E-state index contributed by atoms with van der Waals surface area (Å²) in [6.45, 7) is 3.11. The van der Waals surface area contributed by atoms with Crippen molar-refractivity contribution in [3.05, 3.63) is 0 Å². The molecule has 0 radical (unpaired) electrons. The van der Waals surface area contributed by atoms with Crippen LogP contribution < -0.4 is 11.1 Å². The Hall–Kier alpha value is 0.270. The Labute approximate surface area is 78.7 Å². The molecule has 2 rings (SSSR count). The minimum Gasteiger partial charge on any atom is -0.329 e. The molecule has 1 saturated heterocycles. The third kappa shape index (κ3) is 1.50. The van der Waals surface area contributed by atoms with E-state index in [0.717, 1.165) is 12.6 Å². The summed E-state index contributed by atoms with van der Waals surface area (Å²) in [4.78, 5) is 0. The van der Waals surface area contributed by atoms with Crippen LogP contribution in [0.1, 0.15) is 26.2 Å². The van der Waals surface area contributed by atoms with Crippen molar-refractivity contribution in [3.8, 4) is 0 Å². The van der Waals surface area contributed by atoms with E-state index in [1.165, 1.54) is 25.0 Å². The van der Waals surface area contributed by atoms with Crippen molar-refractivity contribution in [2.75, 3.05) is 12.3 Å². The molecule has 0 bridgehead atoms. The number of thioether (sulfide) groups is 1. The van der Waals surface area contributed by atoms with E-state index in [4.69, 9.17) is 5.73 Å². The smallest absolute Gasteiger partial charge is 0.0431 e. The van der Waals surface area contributed by atoms with Crippen LogP contribution in [0.15, 0.2) is 0 Å². The summed E-state index contributed by atoms with van der Waals surface area (Å²) in [6.07, 6.45) is 3.98. The molecule has 12 heavy (non-hydrogen) atoms. The number of nitrogens with two attached hydrogens (primary N) is 1. The highest BCUT2D eigenvalue weighted by molar-refractivity contribution is 8.00. The molecule has 0 amide bonds. The monoisotopic (exact) mass is 186 g/mol. The molecule has 1 saturated carbocycles. The summed E-state index contributed by atoms with van der Waals surface area (Å²) in [6, 6.07) is 0.787. The minimum absolute atomic E-state index is 0.270. The second-order valence-electron chi connectivity index (χ2n) is 4.04. The molecule has 1 heterocycles.